The molecule has 0 saturated carbocycles. The molecule has 0 N–H and O–H groups in total. The Kier molecular flexibility index (Phi) is 53.0. The third-order valence-electron chi connectivity index (χ3n) is 15.8. The number of rotatable bonds is 58. The van der Waals surface area contributed by atoms with Gasteiger partial charge in [-0.25, -0.2) is 9.97 Å². The Morgan fingerprint density at radius 3 is 0.559 bits per heavy atom. The molecule has 68 heavy (non-hydrogen) atoms. The van der Waals surface area contributed by atoms with Gasteiger partial charge in [0, 0.05) is 17.8 Å². The third kappa shape index (κ3) is 45.0. The zero-order valence-corrected chi connectivity index (χ0v) is 47.8. The topological polar surface area (TPSA) is 25.8 Å². The SMILES string of the molecule is C[CH]c1nc(CCCCCCCCCCCCCCCCCCCC)c(CCCCCCCCCCCCCCCCCCCC)c(CCCCCCCCCCCCCCCCCCCC)n1. The summed E-state index contributed by atoms with van der Waals surface area (Å²) in [7, 11) is 0. The standard InChI is InChI=1S/C66H127N2/c1-5-9-12-15-18-21-24-27-30-33-36-39-42-45-48-51-54-57-60-63-64(61-58-55-52-49-46-43-40-37-34-31-28-25-22-19-16-13-10-6-2)67-66(8-4)68-65(63)62-59-56-53-50-47-44-41-38-35-32-29-26-23-20-17-14-11-7-3/h8H,5-7,9-62H2,1-4H3. The summed E-state index contributed by atoms with van der Waals surface area (Å²) in [5.74, 6) is 0.987. The van der Waals surface area contributed by atoms with Crippen molar-refractivity contribution >= 4 is 0 Å². The summed E-state index contributed by atoms with van der Waals surface area (Å²) in [6.07, 6.45) is 83.2. The highest BCUT2D eigenvalue weighted by molar-refractivity contribution is 5.28. The van der Waals surface area contributed by atoms with Gasteiger partial charge in [0.25, 0.3) is 0 Å². The van der Waals surface area contributed by atoms with Gasteiger partial charge in [-0.3, -0.25) is 0 Å². The highest BCUT2D eigenvalue weighted by atomic mass is 14.9. The van der Waals surface area contributed by atoms with E-state index >= 15 is 0 Å². The lowest BCUT2D eigenvalue weighted by atomic mass is 9.96. The fourth-order valence-corrected chi connectivity index (χ4v) is 11.0. The average molecular weight is 949 g/mol. The van der Waals surface area contributed by atoms with Crippen molar-refractivity contribution < 1.29 is 0 Å². The van der Waals surface area contributed by atoms with Crippen molar-refractivity contribution in [1.82, 2.24) is 9.97 Å². The first kappa shape index (κ1) is 65.1. The van der Waals surface area contributed by atoms with E-state index in [0.717, 1.165) is 18.7 Å². The molecule has 401 valence electrons. The van der Waals surface area contributed by atoms with Gasteiger partial charge in [-0.15, -0.1) is 0 Å². The van der Waals surface area contributed by atoms with Crippen LogP contribution in [0.5, 0.6) is 0 Å². The highest BCUT2D eigenvalue weighted by Gasteiger charge is 2.14. The summed E-state index contributed by atoms with van der Waals surface area (Å²) in [5, 5.41) is 0. The molecule has 0 unspecified atom stereocenters. The van der Waals surface area contributed by atoms with E-state index in [1.165, 1.54) is 365 Å². The Morgan fingerprint density at radius 1 is 0.221 bits per heavy atom. The van der Waals surface area contributed by atoms with Gasteiger partial charge in [0.2, 0.25) is 0 Å². The Morgan fingerprint density at radius 2 is 0.382 bits per heavy atom. The molecule has 0 atom stereocenters. The molecule has 0 spiro atoms. The number of aryl methyl sites for hydroxylation is 2. The van der Waals surface area contributed by atoms with Crippen molar-refractivity contribution in [2.75, 3.05) is 0 Å². The molecule has 0 aliphatic rings. The number of unbranched alkanes of at least 4 members (excludes halogenated alkanes) is 51. The van der Waals surface area contributed by atoms with E-state index < -0.39 is 0 Å². The number of hydrogen-bond donors (Lipinski definition) is 0. The van der Waals surface area contributed by atoms with E-state index in [1.807, 2.05) is 0 Å². The Labute approximate surface area is 430 Å². The van der Waals surface area contributed by atoms with Gasteiger partial charge in [-0.1, -0.05) is 355 Å². The lowest BCUT2D eigenvalue weighted by molar-refractivity contribution is 0.523. The summed E-state index contributed by atoms with van der Waals surface area (Å²) in [5.41, 5.74) is 4.38. The first-order valence-corrected chi connectivity index (χ1v) is 32.4. The van der Waals surface area contributed by atoms with Gasteiger partial charge < -0.3 is 0 Å². The first-order chi connectivity index (χ1) is 33.8. The van der Waals surface area contributed by atoms with Crippen LogP contribution in [0.15, 0.2) is 0 Å². The molecule has 2 nitrogen and oxygen atoms in total. The van der Waals surface area contributed by atoms with Gasteiger partial charge >= 0.3 is 0 Å². The van der Waals surface area contributed by atoms with Crippen molar-refractivity contribution in [3.63, 3.8) is 0 Å². The minimum Gasteiger partial charge on any atom is -0.237 e. The molecule has 0 aromatic carbocycles. The third-order valence-corrected chi connectivity index (χ3v) is 15.8. The average Bonchev–Trinajstić information content (AvgIpc) is 3.35. The van der Waals surface area contributed by atoms with Crippen LogP contribution in [-0.2, 0) is 19.3 Å². The molecule has 1 aromatic rings. The van der Waals surface area contributed by atoms with Crippen LogP contribution < -0.4 is 0 Å². The van der Waals surface area contributed by atoms with Crippen LogP contribution in [0.1, 0.15) is 397 Å². The van der Waals surface area contributed by atoms with Gasteiger partial charge in [-0.2, -0.15) is 0 Å². The zero-order chi connectivity index (χ0) is 48.7. The van der Waals surface area contributed by atoms with Crippen molar-refractivity contribution in [3.8, 4) is 0 Å². The summed E-state index contributed by atoms with van der Waals surface area (Å²) in [6.45, 7) is 9.10. The molecule has 0 fully saturated rings. The van der Waals surface area contributed by atoms with Gasteiger partial charge in [-0.05, 0) is 44.1 Å². The summed E-state index contributed by atoms with van der Waals surface area (Å²) in [6, 6.07) is 0. The zero-order valence-electron chi connectivity index (χ0n) is 47.8. The largest absolute Gasteiger partial charge is 0.237 e. The lowest BCUT2D eigenvalue weighted by Crippen LogP contribution is -2.10. The van der Waals surface area contributed by atoms with Crippen LogP contribution in [0.4, 0.5) is 0 Å². The molecule has 1 aromatic heterocycles. The molecule has 0 aliphatic carbocycles. The maximum absolute atomic E-state index is 5.23. The van der Waals surface area contributed by atoms with Gasteiger partial charge in [0.1, 0.15) is 5.82 Å². The van der Waals surface area contributed by atoms with Gasteiger partial charge in [0.05, 0.1) is 0 Å². The van der Waals surface area contributed by atoms with Crippen LogP contribution in [0, 0.1) is 6.42 Å². The van der Waals surface area contributed by atoms with Crippen molar-refractivity contribution in [2.24, 2.45) is 0 Å². The van der Waals surface area contributed by atoms with Crippen LogP contribution >= 0.6 is 0 Å². The van der Waals surface area contributed by atoms with E-state index in [-0.39, 0.29) is 0 Å². The molecule has 1 rings (SSSR count). The second-order valence-electron chi connectivity index (χ2n) is 22.5. The van der Waals surface area contributed by atoms with Crippen LogP contribution in [0.3, 0.4) is 0 Å². The second-order valence-corrected chi connectivity index (χ2v) is 22.5. The Hall–Kier alpha value is -0.920. The molecular weight excluding hydrogens is 821 g/mol. The predicted molar refractivity (Wildman–Crippen MR) is 309 cm³/mol. The smallest absolute Gasteiger partial charge is 0.132 e. The minimum atomic E-state index is 0.987. The Balaban J connectivity index is 2.39. The molecule has 0 amide bonds. The summed E-state index contributed by atoms with van der Waals surface area (Å²) >= 11 is 0. The lowest BCUT2D eigenvalue weighted by Gasteiger charge is -2.16. The van der Waals surface area contributed by atoms with E-state index in [9.17, 15) is 0 Å². The van der Waals surface area contributed by atoms with Crippen LogP contribution in [0.25, 0.3) is 0 Å². The molecular formula is C66H127N2. The molecule has 0 aliphatic heterocycles. The van der Waals surface area contributed by atoms with Crippen molar-refractivity contribution in [1.29, 1.82) is 0 Å². The fraction of sp³-hybridized carbons (Fsp3) is 0.924. The quantitative estimate of drug-likeness (QED) is 0.0608. The van der Waals surface area contributed by atoms with Gasteiger partial charge in [0.15, 0.2) is 0 Å². The van der Waals surface area contributed by atoms with Crippen molar-refractivity contribution in [3.05, 3.63) is 29.2 Å². The van der Waals surface area contributed by atoms with E-state index in [1.54, 1.807) is 5.56 Å². The molecule has 0 bridgehead atoms. The predicted octanol–water partition coefficient (Wildman–Crippen LogP) is 23.8. The number of hydrogen-bond acceptors (Lipinski definition) is 2. The van der Waals surface area contributed by atoms with Crippen LogP contribution in [-0.4, -0.2) is 9.97 Å². The monoisotopic (exact) mass is 948 g/mol. The minimum absolute atomic E-state index is 0.987. The fourth-order valence-electron chi connectivity index (χ4n) is 11.0. The van der Waals surface area contributed by atoms with E-state index in [0.29, 0.717) is 0 Å². The van der Waals surface area contributed by atoms with Crippen molar-refractivity contribution in [2.45, 2.75) is 394 Å². The molecule has 0 saturated heterocycles. The molecule has 2 heteroatoms. The maximum Gasteiger partial charge on any atom is 0.132 e. The van der Waals surface area contributed by atoms with E-state index in [4.69, 9.17) is 9.97 Å². The van der Waals surface area contributed by atoms with Crippen LogP contribution in [0.2, 0.25) is 0 Å². The first-order valence-electron chi connectivity index (χ1n) is 32.4. The maximum atomic E-state index is 5.23. The molecule has 1 radical (unpaired) electrons. The Bertz CT molecular complexity index is 1030. The summed E-state index contributed by atoms with van der Waals surface area (Å²) in [4.78, 5) is 10.5. The van der Waals surface area contributed by atoms with E-state index in [2.05, 4.69) is 34.1 Å². The highest BCUT2D eigenvalue weighted by Crippen LogP contribution is 2.24. The number of aromatic nitrogens is 2. The second kappa shape index (κ2) is 55.4. The molecule has 1 heterocycles. The summed E-state index contributed by atoms with van der Waals surface area (Å²) < 4.78 is 0. The normalized spacial score (nSPS) is 11.7. The number of nitrogens with zero attached hydrogens (tertiary/aromatic N) is 2.